The Morgan fingerprint density at radius 3 is 1.41 bits per heavy atom. The van der Waals surface area contributed by atoms with Crippen molar-refractivity contribution in [2.45, 2.75) is 219 Å². The molecule has 58 heavy (non-hydrogen) atoms. The molecule has 8 nitrogen and oxygen atoms in total. The summed E-state index contributed by atoms with van der Waals surface area (Å²) in [6, 6.07) is -0.913. The molecule has 0 spiro atoms. The Hall–Kier alpha value is -1.54. The van der Waals surface area contributed by atoms with E-state index in [1.807, 2.05) is 27.2 Å². The molecule has 9 heteroatoms. The van der Waals surface area contributed by atoms with E-state index in [4.69, 9.17) is 9.05 Å². The molecule has 0 aromatic heterocycles. The second kappa shape index (κ2) is 40.8. The Kier molecular flexibility index (Phi) is 39.8. The predicted molar refractivity (Wildman–Crippen MR) is 247 cm³/mol. The minimum atomic E-state index is -4.60. The van der Waals surface area contributed by atoms with Crippen molar-refractivity contribution < 1.29 is 32.9 Å². The highest BCUT2D eigenvalue weighted by atomic mass is 31.2. The van der Waals surface area contributed by atoms with E-state index in [9.17, 15) is 19.4 Å². The lowest BCUT2D eigenvalue weighted by molar-refractivity contribution is -0.870. The van der Waals surface area contributed by atoms with Crippen molar-refractivity contribution in [2.24, 2.45) is 0 Å². The first kappa shape index (κ1) is 56.5. The molecule has 0 fully saturated rings. The van der Waals surface area contributed by atoms with E-state index in [0.29, 0.717) is 17.4 Å². The van der Waals surface area contributed by atoms with Gasteiger partial charge in [-0.2, -0.15) is 0 Å². The Balaban J connectivity index is 4.42. The molecular weight excluding hydrogens is 744 g/mol. The van der Waals surface area contributed by atoms with E-state index in [0.717, 1.165) is 64.2 Å². The Bertz CT molecular complexity index is 1090. The third-order valence-electron chi connectivity index (χ3n) is 10.5. The molecule has 0 aliphatic heterocycles. The van der Waals surface area contributed by atoms with Crippen LogP contribution in [0.15, 0.2) is 48.6 Å². The van der Waals surface area contributed by atoms with Crippen LogP contribution in [0.5, 0.6) is 0 Å². The van der Waals surface area contributed by atoms with Gasteiger partial charge in [0.2, 0.25) is 5.91 Å². The minimum absolute atomic E-state index is 0.0115. The molecule has 0 bridgehead atoms. The summed E-state index contributed by atoms with van der Waals surface area (Å²) >= 11 is 0. The molecule has 0 saturated heterocycles. The maximum Gasteiger partial charge on any atom is 0.268 e. The van der Waals surface area contributed by atoms with Gasteiger partial charge in [-0.05, 0) is 70.6 Å². The van der Waals surface area contributed by atoms with E-state index in [2.05, 4.69) is 55.6 Å². The number of likely N-dealkylation sites (N-methyl/N-ethyl adjacent to an activating group) is 1. The van der Waals surface area contributed by atoms with Crippen LogP contribution in [0.25, 0.3) is 0 Å². The number of nitrogens with one attached hydrogen (secondary N) is 1. The Labute approximate surface area is 359 Å². The van der Waals surface area contributed by atoms with Crippen molar-refractivity contribution in [3.8, 4) is 0 Å². The van der Waals surface area contributed by atoms with Crippen LogP contribution in [-0.2, 0) is 18.4 Å². The van der Waals surface area contributed by atoms with Crippen molar-refractivity contribution in [1.29, 1.82) is 0 Å². The normalized spacial score (nSPS) is 14.7. The van der Waals surface area contributed by atoms with Gasteiger partial charge < -0.3 is 28.8 Å². The molecule has 0 heterocycles. The van der Waals surface area contributed by atoms with E-state index < -0.39 is 26.6 Å². The summed E-state index contributed by atoms with van der Waals surface area (Å²) in [6.07, 6.45) is 51.7. The molecule has 1 amide bonds. The fourth-order valence-electron chi connectivity index (χ4n) is 6.65. The number of unbranched alkanes of at least 4 members (excludes halogenated alkanes) is 24. The van der Waals surface area contributed by atoms with Crippen LogP contribution >= 0.6 is 7.82 Å². The van der Waals surface area contributed by atoms with Crippen LogP contribution in [0.3, 0.4) is 0 Å². The zero-order chi connectivity index (χ0) is 42.8. The number of hydrogen-bond acceptors (Lipinski definition) is 6. The van der Waals surface area contributed by atoms with Crippen LogP contribution in [0.1, 0.15) is 206 Å². The molecule has 3 atom stereocenters. The average molecular weight is 837 g/mol. The standard InChI is InChI=1S/C49H93N2O6P/c1-6-8-10-12-14-16-18-20-21-22-23-24-25-26-27-28-29-31-32-34-36-38-40-42-48(52)47(46-57-58(54,55)56-45-44-51(3,4)5)50-49(53)43-41-39-37-35-33-30-19-17-15-13-11-9-7-2/h17,19,27-28,32,34,40,42,47-48,52H,6-16,18,20-26,29-31,33,35-39,41,43-46H2,1-5H3,(H-,50,53,54,55)/b19-17-,28-27+,34-32+,42-40+. The number of rotatable bonds is 43. The molecule has 3 unspecified atom stereocenters. The number of quaternary nitrogens is 1. The van der Waals surface area contributed by atoms with Gasteiger partial charge in [0.05, 0.1) is 39.9 Å². The van der Waals surface area contributed by atoms with E-state index >= 15 is 0 Å². The number of amides is 1. The van der Waals surface area contributed by atoms with Gasteiger partial charge in [-0.1, -0.05) is 178 Å². The molecule has 0 saturated carbocycles. The fraction of sp³-hybridized carbons (Fsp3) is 0.816. The van der Waals surface area contributed by atoms with E-state index in [1.54, 1.807) is 6.08 Å². The maximum absolute atomic E-state index is 12.8. The molecular formula is C49H93N2O6P. The predicted octanol–water partition coefficient (Wildman–Crippen LogP) is 13.0. The van der Waals surface area contributed by atoms with E-state index in [-0.39, 0.29) is 12.5 Å². The first-order chi connectivity index (χ1) is 28.0. The Morgan fingerprint density at radius 1 is 0.586 bits per heavy atom. The van der Waals surface area contributed by atoms with Gasteiger partial charge in [0.1, 0.15) is 13.2 Å². The first-order valence-electron chi connectivity index (χ1n) is 24.0. The van der Waals surface area contributed by atoms with Crippen LogP contribution in [0.2, 0.25) is 0 Å². The number of phosphoric ester groups is 1. The monoisotopic (exact) mass is 837 g/mol. The zero-order valence-corrected chi connectivity index (χ0v) is 39.4. The molecule has 0 radical (unpaired) electrons. The van der Waals surface area contributed by atoms with Gasteiger partial charge in [-0.15, -0.1) is 0 Å². The van der Waals surface area contributed by atoms with Crippen molar-refractivity contribution in [2.75, 3.05) is 40.9 Å². The molecule has 0 rings (SSSR count). The molecule has 0 aromatic rings. The topological polar surface area (TPSA) is 108 Å². The zero-order valence-electron chi connectivity index (χ0n) is 38.5. The number of nitrogens with zero attached hydrogens (tertiary/aromatic N) is 1. The second-order valence-electron chi connectivity index (χ2n) is 17.4. The Morgan fingerprint density at radius 2 is 0.966 bits per heavy atom. The van der Waals surface area contributed by atoms with Crippen LogP contribution in [0, 0.1) is 0 Å². The van der Waals surface area contributed by atoms with Crippen molar-refractivity contribution in [3.05, 3.63) is 48.6 Å². The number of allylic oxidation sites excluding steroid dienone is 7. The third kappa shape index (κ3) is 42.6. The number of hydrogen-bond donors (Lipinski definition) is 2. The molecule has 0 aliphatic rings. The number of aliphatic hydroxyl groups is 1. The van der Waals surface area contributed by atoms with E-state index in [1.165, 1.54) is 122 Å². The third-order valence-corrected chi connectivity index (χ3v) is 11.5. The second-order valence-corrected chi connectivity index (χ2v) is 18.8. The summed E-state index contributed by atoms with van der Waals surface area (Å²) in [4.78, 5) is 25.3. The lowest BCUT2D eigenvalue weighted by Crippen LogP contribution is -2.45. The minimum Gasteiger partial charge on any atom is -0.756 e. The number of carbonyl (C=O) groups is 1. The molecule has 340 valence electrons. The summed E-state index contributed by atoms with van der Waals surface area (Å²) in [5.41, 5.74) is 0. The van der Waals surface area contributed by atoms with Crippen LogP contribution in [-0.4, -0.2) is 68.5 Å². The van der Waals surface area contributed by atoms with Crippen LogP contribution in [0.4, 0.5) is 0 Å². The summed E-state index contributed by atoms with van der Waals surface area (Å²) in [7, 11) is 1.23. The fourth-order valence-corrected chi connectivity index (χ4v) is 7.37. The molecule has 0 aromatic carbocycles. The summed E-state index contributed by atoms with van der Waals surface area (Å²) in [5.74, 6) is -0.222. The van der Waals surface area contributed by atoms with Crippen molar-refractivity contribution in [3.63, 3.8) is 0 Å². The number of carbonyl (C=O) groups excluding carboxylic acids is 1. The average Bonchev–Trinajstić information content (AvgIpc) is 3.17. The van der Waals surface area contributed by atoms with Gasteiger partial charge in [0, 0.05) is 6.42 Å². The highest BCUT2D eigenvalue weighted by Crippen LogP contribution is 2.38. The van der Waals surface area contributed by atoms with Gasteiger partial charge >= 0.3 is 0 Å². The van der Waals surface area contributed by atoms with Gasteiger partial charge in [-0.3, -0.25) is 9.36 Å². The van der Waals surface area contributed by atoms with Gasteiger partial charge in [-0.25, -0.2) is 0 Å². The number of phosphoric acid groups is 1. The molecule has 2 N–H and O–H groups in total. The van der Waals surface area contributed by atoms with Crippen LogP contribution < -0.4 is 10.2 Å². The summed E-state index contributed by atoms with van der Waals surface area (Å²) in [6.45, 7) is 4.59. The lowest BCUT2D eigenvalue weighted by Gasteiger charge is -2.29. The van der Waals surface area contributed by atoms with Gasteiger partial charge in [0.15, 0.2) is 0 Å². The molecule has 0 aliphatic carbocycles. The van der Waals surface area contributed by atoms with Gasteiger partial charge in [0.25, 0.3) is 7.82 Å². The summed E-state index contributed by atoms with van der Waals surface area (Å²) in [5, 5.41) is 13.8. The lowest BCUT2D eigenvalue weighted by atomic mass is 10.0. The van der Waals surface area contributed by atoms with Crippen molar-refractivity contribution >= 4 is 13.7 Å². The smallest absolute Gasteiger partial charge is 0.268 e. The number of aliphatic hydroxyl groups excluding tert-OH is 1. The quantitative estimate of drug-likeness (QED) is 0.0274. The SMILES string of the molecule is CCCCCC/C=C\CCCCCCCC(=O)NC(COP(=O)([O-])OCC[N+](C)(C)C)C(O)/C=C/CC/C=C/CC/C=C/CCCCCCCCCCCCCCC. The highest BCUT2D eigenvalue weighted by molar-refractivity contribution is 7.45. The summed E-state index contributed by atoms with van der Waals surface area (Å²) < 4.78 is 23.2. The largest absolute Gasteiger partial charge is 0.756 e. The maximum atomic E-state index is 12.8. The van der Waals surface area contributed by atoms with Crippen molar-refractivity contribution in [1.82, 2.24) is 5.32 Å². The first-order valence-corrected chi connectivity index (χ1v) is 25.5. The highest BCUT2D eigenvalue weighted by Gasteiger charge is 2.23.